The van der Waals surface area contributed by atoms with Crippen LogP contribution in [0.25, 0.3) is 0 Å². The van der Waals surface area contributed by atoms with E-state index in [0.29, 0.717) is 0 Å². The maximum Gasteiger partial charge on any atom is 0.173 e. The minimum Gasteiger partial charge on any atom is -0.207 e. The Kier molecular flexibility index (Phi) is 3.09. The van der Waals surface area contributed by atoms with Gasteiger partial charge in [-0.05, 0) is 43.4 Å². The van der Waals surface area contributed by atoms with E-state index in [-0.39, 0.29) is 5.82 Å². The van der Waals surface area contributed by atoms with Gasteiger partial charge in [0.1, 0.15) is 5.82 Å². The van der Waals surface area contributed by atoms with Crippen LogP contribution < -0.4 is 4.57 Å². The summed E-state index contributed by atoms with van der Waals surface area (Å²) in [6.45, 7) is 0.741. The molecule has 1 aliphatic rings. The fourth-order valence-electron chi connectivity index (χ4n) is 2.66. The molecule has 3 rings (SSSR count). The molecule has 0 bridgehead atoms. The van der Waals surface area contributed by atoms with Gasteiger partial charge in [-0.2, -0.15) is 0 Å². The third-order valence-electron chi connectivity index (χ3n) is 3.60. The number of fused-ring (bicyclic) bond motifs is 1. The molecule has 2 aromatic rings. The van der Waals surface area contributed by atoms with E-state index in [0.717, 1.165) is 12.1 Å². The van der Waals surface area contributed by atoms with Gasteiger partial charge in [0.05, 0.1) is 0 Å². The predicted molar refractivity (Wildman–Crippen MR) is 68.8 cm³/mol. The molecule has 0 saturated carbocycles. The lowest BCUT2D eigenvalue weighted by Gasteiger charge is -2.13. The second-order valence-corrected chi connectivity index (χ2v) is 5.00. The Bertz CT molecular complexity index is 563. The van der Waals surface area contributed by atoms with Gasteiger partial charge in [-0.15, -0.1) is 0 Å². The molecule has 2 heteroatoms. The van der Waals surface area contributed by atoms with E-state index in [1.165, 1.54) is 42.9 Å². The number of hydrogen-bond acceptors (Lipinski definition) is 0. The molecule has 0 atom stereocenters. The zero-order valence-electron chi connectivity index (χ0n) is 10.4. The average Bonchev–Trinajstić information content (AvgIpc) is 2.39. The minimum atomic E-state index is -0.161. The van der Waals surface area contributed by atoms with Crippen LogP contribution in [0.1, 0.15) is 29.5 Å². The van der Waals surface area contributed by atoms with E-state index in [2.05, 4.69) is 23.0 Å². The highest BCUT2D eigenvalue weighted by molar-refractivity contribution is 5.23. The molecule has 0 fully saturated rings. The number of halogens is 1. The normalized spacial score (nSPS) is 14.3. The Labute approximate surface area is 107 Å². The maximum atomic E-state index is 13.1. The van der Waals surface area contributed by atoms with Gasteiger partial charge in [0, 0.05) is 17.2 Å². The van der Waals surface area contributed by atoms with Crippen molar-refractivity contribution in [2.75, 3.05) is 0 Å². The summed E-state index contributed by atoms with van der Waals surface area (Å²) in [6, 6.07) is 9.04. The van der Waals surface area contributed by atoms with Crippen molar-refractivity contribution in [1.29, 1.82) is 0 Å². The molecule has 1 aliphatic carbocycles. The van der Waals surface area contributed by atoms with Crippen molar-refractivity contribution in [3.05, 3.63) is 65.2 Å². The quantitative estimate of drug-likeness (QED) is 0.713. The van der Waals surface area contributed by atoms with Gasteiger partial charge in [0.25, 0.3) is 0 Å². The lowest BCUT2D eigenvalue weighted by Crippen LogP contribution is -2.34. The van der Waals surface area contributed by atoms with Crippen molar-refractivity contribution < 1.29 is 8.96 Å². The lowest BCUT2D eigenvalue weighted by atomic mass is 9.93. The van der Waals surface area contributed by atoms with Gasteiger partial charge in [-0.1, -0.05) is 12.1 Å². The van der Waals surface area contributed by atoms with Crippen molar-refractivity contribution >= 4 is 0 Å². The summed E-state index contributed by atoms with van der Waals surface area (Å²) in [5.41, 5.74) is 3.95. The summed E-state index contributed by atoms with van der Waals surface area (Å²) in [4.78, 5) is 0. The summed E-state index contributed by atoms with van der Waals surface area (Å²) in [7, 11) is 0. The number of pyridine rings is 1. The molecule has 1 heterocycles. The highest BCUT2D eigenvalue weighted by atomic mass is 19.1. The summed E-state index contributed by atoms with van der Waals surface area (Å²) in [5.74, 6) is -0.161. The number of aryl methyl sites for hydroxylation is 2. The first kappa shape index (κ1) is 11.4. The number of hydrogen-bond donors (Lipinski definition) is 0. The minimum absolute atomic E-state index is 0.161. The molecule has 1 nitrogen and oxygen atoms in total. The topological polar surface area (TPSA) is 3.88 Å². The number of benzene rings is 1. The van der Waals surface area contributed by atoms with Gasteiger partial charge >= 0.3 is 0 Å². The number of rotatable bonds is 2. The van der Waals surface area contributed by atoms with Crippen LogP contribution in [0.5, 0.6) is 0 Å². The molecule has 0 radical (unpaired) electrons. The molecule has 0 saturated heterocycles. The van der Waals surface area contributed by atoms with E-state index in [9.17, 15) is 4.39 Å². The zero-order chi connectivity index (χ0) is 12.4. The Morgan fingerprint density at radius 2 is 1.89 bits per heavy atom. The van der Waals surface area contributed by atoms with Gasteiger partial charge in [0.2, 0.25) is 0 Å². The van der Waals surface area contributed by atoms with E-state index < -0.39 is 0 Å². The van der Waals surface area contributed by atoms with Crippen molar-refractivity contribution in [2.24, 2.45) is 0 Å². The van der Waals surface area contributed by atoms with Crippen LogP contribution in [0.4, 0.5) is 4.39 Å². The van der Waals surface area contributed by atoms with Crippen molar-refractivity contribution in [2.45, 2.75) is 32.2 Å². The fourth-order valence-corrected chi connectivity index (χ4v) is 2.66. The molecule has 0 unspecified atom stereocenters. The fraction of sp³-hybridized carbons (Fsp3) is 0.312. The number of aromatic nitrogens is 1. The van der Waals surface area contributed by atoms with Crippen LogP contribution in [0, 0.1) is 5.82 Å². The first-order chi connectivity index (χ1) is 8.81. The molecule has 0 N–H and O–H groups in total. The molecule has 0 amide bonds. The number of nitrogens with zero attached hydrogens (tertiary/aromatic N) is 1. The van der Waals surface area contributed by atoms with Crippen LogP contribution in [-0.4, -0.2) is 0 Å². The second kappa shape index (κ2) is 4.89. The highest BCUT2D eigenvalue weighted by Gasteiger charge is 2.13. The monoisotopic (exact) mass is 242 g/mol. The maximum absolute atomic E-state index is 13.1. The van der Waals surface area contributed by atoms with Crippen molar-refractivity contribution in [1.82, 2.24) is 0 Å². The van der Waals surface area contributed by atoms with Gasteiger partial charge in [-0.25, -0.2) is 8.96 Å². The van der Waals surface area contributed by atoms with E-state index in [4.69, 9.17) is 0 Å². The summed E-state index contributed by atoms with van der Waals surface area (Å²) < 4.78 is 15.3. The second-order valence-electron chi connectivity index (χ2n) is 5.00. The molecule has 1 aromatic carbocycles. The largest absolute Gasteiger partial charge is 0.207 e. The first-order valence-corrected chi connectivity index (χ1v) is 6.56. The van der Waals surface area contributed by atoms with Crippen LogP contribution in [0.2, 0.25) is 0 Å². The van der Waals surface area contributed by atoms with Crippen molar-refractivity contribution in [3.63, 3.8) is 0 Å². The third kappa shape index (κ3) is 2.42. The molecular weight excluding hydrogens is 225 g/mol. The molecule has 1 aromatic heterocycles. The SMILES string of the molecule is Fc1cccc(C[n+]2ccc3c(c2)CCCC3)c1. The first-order valence-electron chi connectivity index (χ1n) is 6.56. The Hall–Kier alpha value is -1.70. The summed E-state index contributed by atoms with van der Waals surface area (Å²) in [5, 5.41) is 0. The molecule has 92 valence electrons. The average molecular weight is 242 g/mol. The lowest BCUT2D eigenvalue weighted by molar-refractivity contribution is -0.688. The van der Waals surface area contributed by atoms with E-state index >= 15 is 0 Å². The predicted octanol–water partition coefficient (Wildman–Crippen LogP) is 3.04. The molecule has 0 spiro atoms. The molecule has 0 aliphatic heterocycles. The summed E-state index contributed by atoms with van der Waals surface area (Å²) >= 11 is 0. The smallest absolute Gasteiger partial charge is 0.173 e. The Morgan fingerprint density at radius 3 is 2.72 bits per heavy atom. The molecular formula is C16H17FN+. The Morgan fingerprint density at radius 1 is 1.06 bits per heavy atom. The van der Waals surface area contributed by atoms with Crippen LogP contribution in [0.3, 0.4) is 0 Å². The highest BCUT2D eigenvalue weighted by Crippen LogP contribution is 2.18. The van der Waals surface area contributed by atoms with Gasteiger partial charge in [0.15, 0.2) is 18.9 Å². The van der Waals surface area contributed by atoms with E-state index in [1.807, 2.05) is 6.07 Å². The summed E-state index contributed by atoms with van der Waals surface area (Å²) in [6.07, 6.45) is 9.31. The standard InChI is InChI=1S/C16H17FN/c17-16-7-3-4-13(10-16)11-18-9-8-14-5-1-2-6-15(14)12-18/h3-4,7-10,12H,1-2,5-6,11H2/q+1. The van der Waals surface area contributed by atoms with Crippen LogP contribution in [-0.2, 0) is 19.4 Å². The van der Waals surface area contributed by atoms with Gasteiger partial charge < -0.3 is 0 Å². The Balaban J connectivity index is 1.85. The van der Waals surface area contributed by atoms with Crippen LogP contribution in [0.15, 0.2) is 42.7 Å². The van der Waals surface area contributed by atoms with Crippen LogP contribution >= 0.6 is 0 Å². The van der Waals surface area contributed by atoms with E-state index in [1.54, 1.807) is 12.1 Å². The zero-order valence-corrected chi connectivity index (χ0v) is 10.4. The van der Waals surface area contributed by atoms with Crippen molar-refractivity contribution in [3.8, 4) is 0 Å². The van der Waals surface area contributed by atoms with Gasteiger partial charge in [-0.3, -0.25) is 0 Å². The molecule has 18 heavy (non-hydrogen) atoms. The third-order valence-corrected chi connectivity index (χ3v) is 3.60.